The fourth-order valence-electron chi connectivity index (χ4n) is 6.33. The summed E-state index contributed by atoms with van der Waals surface area (Å²) in [4.78, 5) is 35.7. The number of esters is 2. The molecule has 0 aromatic carbocycles. The van der Waals surface area contributed by atoms with Crippen LogP contribution in [0.5, 0.6) is 0 Å². The van der Waals surface area contributed by atoms with Crippen LogP contribution in [0.15, 0.2) is 72.9 Å². The van der Waals surface area contributed by atoms with Gasteiger partial charge in [-0.25, -0.2) is 4.57 Å². The SMILES string of the molecule is CCCCC/C=C\C/C=C\CCCCCCCC(=O)OC[C@H](COP(=O)(O)OC1[C@H](O)[C@H](O)C(O)[C@H](O)[C@H]1O)OC(=O)CCC/C=C/C=C\C(O)C/C=C\C/C=C\CCCCC. The third-order valence-corrected chi connectivity index (χ3v) is 11.1. The molecule has 1 saturated carbocycles. The summed E-state index contributed by atoms with van der Waals surface area (Å²) >= 11 is 0. The van der Waals surface area contributed by atoms with Crippen molar-refractivity contribution in [2.45, 2.75) is 198 Å². The van der Waals surface area contributed by atoms with E-state index < -0.39 is 81.8 Å². The number of unbranched alkanes of at least 4 members (excludes halogenated alkanes) is 12. The summed E-state index contributed by atoms with van der Waals surface area (Å²) in [5.41, 5.74) is 0. The average Bonchev–Trinajstić information content (AvgIpc) is 3.25. The van der Waals surface area contributed by atoms with Gasteiger partial charge in [0.15, 0.2) is 6.10 Å². The fraction of sp³-hybridized carbons (Fsp3) is 0.702. The smallest absolute Gasteiger partial charge is 0.462 e. The molecular weight excluding hydrogens is 819 g/mol. The maximum absolute atomic E-state index is 12.8. The first kappa shape index (κ1) is 57.3. The Kier molecular flexibility index (Phi) is 33.8. The Balaban J connectivity index is 2.57. The fourth-order valence-corrected chi connectivity index (χ4v) is 7.30. The van der Waals surface area contributed by atoms with E-state index in [4.69, 9.17) is 18.5 Å². The molecule has 0 spiro atoms. The summed E-state index contributed by atoms with van der Waals surface area (Å²) in [5, 5.41) is 60.3. The molecule has 0 heterocycles. The second-order valence-electron chi connectivity index (χ2n) is 15.7. The lowest BCUT2D eigenvalue weighted by Gasteiger charge is -2.41. The monoisotopic (exact) mass is 899 g/mol. The summed E-state index contributed by atoms with van der Waals surface area (Å²) in [7, 11) is -5.16. The Labute approximate surface area is 370 Å². The predicted octanol–water partition coefficient (Wildman–Crippen LogP) is 7.69. The molecule has 0 radical (unpaired) electrons. The molecule has 1 fully saturated rings. The van der Waals surface area contributed by atoms with Gasteiger partial charge in [-0.05, 0) is 77.0 Å². The first-order valence-corrected chi connectivity index (χ1v) is 24.3. The van der Waals surface area contributed by atoms with Gasteiger partial charge in [0.1, 0.15) is 43.2 Å². The summed E-state index contributed by atoms with van der Waals surface area (Å²) in [6, 6.07) is 0. The molecule has 7 N–H and O–H groups in total. The van der Waals surface area contributed by atoms with Gasteiger partial charge in [-0.3, -0.25) is 18.6 Å². The van der Waals surface area contributed by atoms with E-state index in [0.29, 0.717) is 25.7 Å². The van der Waals surface area contributed by atoms with Crippen LogP contribution in [0.1, 0.15) is 149 Å². The van der Waals surface area contributed by atoms with Crippen molar-refractivity contribution >= 4 is 19.8 Å². The van der Waals surface area contributed by atoms with Crippen molar-refractivity contribution in [1.82, 2.24) is 0 Å². The van der Waals surface area contributed by atoms with Gasteiger partial charge in [0.25, 0.3) is 0 Å². The number of carbonyl (C=O) groups excluding carboxylic acids is 2. The van der Waals surface area contributed by atoms with E-state index in [1.807, 2.05) is 18.2 Å². The van der Waals surface area contributed by atoms with Gasteiger partial charge in [0.05, 0.1) is 12.7 Å². The van der Waals surface area contributed by atoms with Crippen molar-refractivity contribution < 1.29 is 68.2 Å². The van der Waals surface area contributed by atoms with E-state index in [2.05, 4.69) is 50.3 Å². The van der Waals surface area contributed by atoms with Crippen LogP contribution in [0.25, 0.3) is 0 Å². The molecule has 62 heavy (non-hydrogen) atoms. The summed E-state index contributed by atoms with van der Waals surface area (Å²) in [5.74, 6) is -1.25. The van der Waals surface area contributed by atoms with Gasteiger partial charge in [0.2, 0.25) is 0 Å². The minimum absolute atomic E-state index is 0.0449. The Morgan fingerprint density at radius 3 is 1.68 bits per heavy atom. The highest BCUT2D eigenvalue weighted by atomic mass is 31.2. The molecule has 0 saturated heterocycles. The van der Waals surface area contributed by atoms with Crippen LogP contribution in [-0.4, -0.2) is 110 Å². The lowest BCUT2D eigenvalue weighted by molar-refractivity contribution is -0.220. The summed E-state index contributed by atoms with van der Waals surface area (Å²) in [6.45, 7) is 3.09. The van der Waals surface area contributed by atoms with Crippen molar-refractivity contribution in [3.05, 3.63) is 72.9 Å². The van der Waals surface area contributed by atoms with Crippen LogP contribution >= 0.6 is 7.82 Å². The molecule has 9 atom stereocenters. The minimum atomic E-state index is -5.16. The molecule has 1 aliphatic rings. The molecule has 1 aliphatic carbocycles. The highest BCUT2D eigenvalue weighted by molar-refractivity contribution is 7.47. The average molecular weight is 899 g/mol. The standard InChI is InChI=1S/C47H79O14P/c1-3-5-7-9-11-13-14-15-16-17-18-20-22-26-30-34-40(49)58-36-39(37-59-62(56,57)61-47-45(54)43(52)42(51)44(53)46(47)55)60-41(50)35-31-27-23-25-29-33-38(48)32-28-24-21-19-12-10-8-6-4-2/h11-13,15-16,19,23-25,28-29,33,38-39,42-48,51-55H,3-10,14,17-18,20-22,26-27,30-32,34-37H2,1-2H3,(H,56,57)/b13-11-,16-15-,19-12-,25-23+,28-24-,33-29-/t38?,39-,42?,43-,44+,45-,46-,47?/m1/s1. The number of hydrogen-bond acceptors (Lipinski definition) is 13. The Morgan fingerprint density at radius 1 is 0.581 bits per heavy atom. The zero-order valence-electron chi connectivity index (χ0n) is 37.2. The lowest BCUT2D eigenvalue weighted by atomic mass is 9.85. The quantitative estimate of drug-likeness (QED) is 0.0105. The number of phosphoric ester groups is 1. The second kappa shape index (κ2) is 36.6. The van der Waals surface area contributed by atoms with Crippen molar-refractivity contribution in [2.24, 2.45) is 0 Å². The summed E-state index contributed by atoms with van der Waals surface area (Å²) < 4.78 is 33.4. The first-order chi connectivity index (χ1) is 29.8. The van der Waals surface area contributed by atoms with E-state index in [9.17, 15) is 49.7 Å². The Hall–Kier alpha value is -2.75. The number of allylic oxidation sites excluding steroid dienone is 10. The zero-order chi connectivity index (χ0) is 45.9. The highest BCUT2D eigenvalue weighted by Gasteiger charge is 2.51. The number of phosphoric acid groups is 1. The largest absolute Gasteiger partial charge is 0.472 e. The summed E-state index contributed by atoms with van der Waals surface area (Å²) in [6.07, 6.45) is 28.3. The first-order valence-electron chi connectivity index (χ1n) is 22.8. The van der Waals surface area contributed by atoms with Crippen molar-refractivity contribution in [3.63, 3.8) is 0 Å². The van der Waals surface area contributed by atoms with E-state index in [1.165, 1.54) is 38.5 Å². The number of rotatable bonds is 36. The molecule has 0 aliphatic heterocycles. The third-order valence-electron chi connectivity index (χ3n) is 10.1. The van der Waals surface area contributed by atoms with Crippen LogP contribution in [0, 0.1) is 0 Å². The molecule has 14 nitrogen and oxygen atoms in total. The zero-order valence-corrected chi connectivity index (χ0v) is 38.1. The second-order valence-corrected chi connectivity index (χ2v) is 17.2. The lowest BCUT2D eigenvalue weighted by Crippen LogP contribution is -2.64. The number of hydrogen-bond donors (Lipinski definition) is 7. The molecule has 1 rings (SSSR count). The Morgan fingerprint density at radius 2 is 1.08 bits per heavy atom. The maximum atomic E-state index is 12.8. The molecule has 0 aromatic rings. The van der Waals surface area contributed by atoms with Gasteiger partial charge >= 0.3 is 19.8 Å². The van der Waals surface area contributed by atoms with E-state index in [1.54, 1.807) is 18.2 Å². The Bertz CT molecular complexity index is 1380. The van der Waals surface area contributed by atoms with Gasteiger partial charge in [0, 0.05) is 12.8 Å². The van der Waals surface area contributed by atoms with Crippen molar-refractivity contribution in [2.75, 3.05) is 13.2 Å². The van der Waals surface area contributed by atoms with Gasteiger partial charge < -0.3 is 45.0 Å². The molecule has 0 amide bonds. The number of aliphatic hydroxyl groups is 6. The third kappa shape index (κ3) is 28.8. The number of ether oxygens (including phenoxy) is 2. The molecular formula is C47H79O14P. The van der Waals surface area contributed by atoms with Crippen LogP contribution in [0.4, 0.5) is 0 Å². The van der Waals surface area contributed by atoms with E-state index in [0.717, 1.165) is 57.8 Å². The van der Waals surface area contributed by atoms with Crippen LogP contribution < -0.4 is 0 Å². The van der Waals surface area contributed by atoms with Crippen molar-refractivity contribution in [1.29, 1.82) is 0 Å². The minimum Gasteiger partial charge on any atom is -0.462 e. The van der Waals surface area contributed by atoms with Gasteiger partial charge in [-0.15, -0.1) is 0 Å². The van der Waals surface area contributed by atoms with Gasteiger partial charge in [-0.2, -0.15) is 0 Å². The molecule has 0 aromatic heterocycles. The topological polar surface area (TPSA) is 230 Å². The maximum Gasteiger partial charge on any atom is 0.472 e. The molecule has 4 unspecified atom stereocenters. The van der Waals surface area contributed by atoms with Crippen LogP contribution in [-0.2, 0) is 32.7 Å². The van der Waals surface area contributed by atoms with Crippen LogP contribution in [0.2, 0.25) is 0 Å². The molecule has 0 bridgehead atoms. The van der Waals surface area contributed by atoms with Crippen molar-refractivity contribution in [3.8, 4) is 0 Å². The molecule has 356 valence electrons. The predicted molar refractivity (Wildman–Crippen MR) is 241 cm³/mol. The highest BCUT2D eigenvalue weighted by Crippen LogP contribution is 2.47. The number of carbonyl (C=O) groups is 2. The van der Waals surface area contributed by atoms with E-state index in [-0.39, 0.29) is 12.8 Å². The molecule has 15 heteroatoms. The van der Waals surface area contributed by atoms with Crippen LogP contribution in [0.3, 0.4) is 0 Å². The van der Waals surface area contributed by atoms with E-state index >= 15 is 0 Å². The normalized spacial score (nSPS) is 23.0. The number of aliphatic hydroxyl groups excluding tert-OH is 6. The van der Waals surface area contributed by atoms with Gasteiger partial charge in [-0.1, -0.05) is 132 Å².